The van der Waals surface area contributed by atoms with Crippen molar-refractivity contribution in [2.24, 2.45) is 0 Å². The van der Waals surface area contributed by atoms with E-state index in [4.69, 9.17) is 5.11 Å². The zero-order valence-corrected chi connectivity index (χ0v) is 8.80. The SMILES string of the molecule is CCSc1ccc(NCC(=O)O)cc1. The summed E-state index contributed by atoms with van der Waals surface area (Å²) in [6.45, 7) is 2.06. The molecule has 0 unspecified atom stereocenters. The monoisotopic (exact) mass is 211 g/mol. The van der Waals surface area contributed by atoms with Crippen LogP contribution in [0.5, 0.6) is 0 Å². The Hall–Kier alpha value is -1.16. The van der Waals surface area contributed by atoms with Gasteiger partial charge in [-0.05, 0) is 30.0 Å². The average molecular weight is 211 g/mol. The second-order valence-electron chi connectivity index (χ2n) is 2.70. The number of carboxylic acids is 1. The van der Waals surface area contributed by atoms with E-state index >= 15 is 0 Å². The maximum Gasteiger partial charge on any atom is 0.322 e. The molecule has 0 saturated carbocycles. The number of rotatable bonds is 5. The van der Waals surface area contributed by atoms with E-state index in [0.29, 0.717) is 0 Å². The van der Waals surface area contributed by atoms with Crippen LogP contribution in [0.1, 0.15) is 6.92 Å². The van der Waals surface area contributed by atoms with Crippen LogP contribution in [0.15, 0.2) is 29.2 Å². The molecule has 0 bridgehead atoms. The van der Waals surface area contributed by atoms with Crippen molar-refractivity contribution in [3.63, 3.8) is 0 Å². The lowest BCUT2D eigenvalue weighted by atomic mass is 10.3. The molecule has 1 rings (SSSR count). The molecule has 0 heterocycles. The molecule has 1 aromatic carbocycles. The van der Waals surface area contributed by atoms with Gasteiger partial charge in [0, 0.05) is 10.6 Å². The van der Waals surface area contributed by atoms with Gasteiger partial charge in [0.2, 0.25) is 0 Å². The smallest absolute Gasteiger partial charge is 0.322 e. The minimum Gasteiger partial charge on any atom is -0.480 e. The van der Waals surface area contributed by atoms with Gasteiger partial charge in [-0.15, -0.1) is 11.8 Å². The van der Waals surface area contributed by atoms with Gasteiger partial charge in [-0.2, -0.15) is 0 Å². The van der Waals surface area contributed by atoms with Crippen LogP contribution < -0.4 is 5.32 Å². The van der Waals surface area contributed by atoms with Crippen LogP contribution in [0, 0.1) is 0 Å². The van der Waals surface area contributed by atoms with Crippen LogP contribution >= 0.6 is 11.8 Å². The Morgan fingerprint density at radius 2 is 2.07 bits per heavy atom. The summed E-state index contributed by atoms with van der Waals surface area (Å²) in [6, 6.07) is 7.75. The first-order valence-electron chi connectivity index (χ1n) is 4.41. The maximum atomic E-state index is 10.3. The van der Waals surface area contributed by atoms with E-state index in [-0.39, 0.29) is 6.54 Å². The van der Waals surface area contributed by atoms with Gasteiger partial charge in [0.05, 0.1) is 0 Å². The first-order valence-corrected chi connectivity index (χ1v) is 5.39. The summed E-state index contributed by atoms with van der Waals surface area (Å²) in [5, 5.41) is 11.3. The molecule has 0 fully saturated rings. The van der Waals surface area contributed by atoms with Crippen LogP contribution in [0.2, 0.25) is 0 Å². The zero-order valence-electron chi connectivity index (χ0n) is 7.99. The lowest BCUT2D eigenvalue weighted by Gasteiger charge is -2.04. The first-order chi connectivity index (χ1) is 6.72. The van der Waals surface area contributed by atoms with Crippen LogP contribution in [-0.2, 0) is 4.79 Å². The normalized spacial score (nSPS) is 9.79. The Labute approximate surface area is 87.5 Å². The molecule has 0 radical (unpaired) electrons. The third kappa shape index (κ3) is 3.70. The van der Waals surface area contributed by atoms with Crippen molar-refractivity contribution < 1.29 is 9.90 Å². The summed E-state index contributed by atoms with van der Waals surface area (Å²) in [5.41, 5.74) is 0.841. The van der Waals surface area contributed by atoms with Crippen molar-refractivity contribution in [1.82, 2.24) is 0 Å². The highest BCUT2D eigenvalue weighted by Crippen LogP contribution is 2.19. The second-order valence-corrected chi connectivity index (χ2v) is 4.04. The van der Waals surface area contributed by atoms with Crippen LogP contribution in [0.3, 0.4) is 0 Å². The number of hydrogen-bond donors (Lipinski definition) is 2. The van der Waals surface area contributed by atoms with Gasteiger partial charge in [0.15, 0.2) is 0 Å². The van der Waals surface area contributed by atoms with Crippen molar-refractivity contribution in [3.8, 4) is 0 Å². The Morgan fingerprint density at radius 3 is 2.57 bits per heavy atom. The number of benzene rings is 1. The number of nitrogens with one attached hydrogen (secondary N) is 1. The van der Waals surface area contributed by atoms with Crippen molar-refractivity contribution in [2.45, 2.75) is 11.8 Å². The van der Waals surface area contributed by atoms with E-state index in [1.807, 2.05) is 24.3 Å². The largest absolute Gasteiger partial charge is 0.480 e. The molecule has 0 amide bonds. The number of hydrogen-bond acceptors (Lipinski definition) is 3. The van der Waals surface area contributed by atoms with Crippen molar-refractivity contribution in [1.29, 1.82) is 0 Å². The summed E-state index contributed by atoms with van der Waals surface area (Å²) in [4.78, 5) is 11.5. The minimum absolute atomic E-state index is 0.0414. The third-order valence-corrected chi connectivity index (χ3v) is 2.50. The molecule has 0 spiro atoms. The van der Waals surface area contributed by atoms with E-state index < -0.39 is 5.97 Å². The molecule has 3 nitrogen and oxygen atoms in total. The van der Waals surface area contributed by atoms with E-state index in [1.54, 1.807) is 11.8 Å². The van der Waals surface area contributed by atoms with Gasteiger partial charge >= 0.3 is 5.97 Å². The quantitative estimate of drug-likeness (QED) is 0.734. The molecular formula is C10H13NO2S. The molecule has 0 saturated heterocycles. The van der Waals surface area contributed by atoms with Gasteiger partial charge in [0.1, 0.15) is 6.54 Å². The fraction of sp³-hybridized carbons (Fsp3) is 0.300. The van der Waals surface area contributed by atoms with Gasteiger partial charge in [-0.3, -0.25) is 4.79 Å². The summed E-state index contributed by atoms with van der Waals surface area (Å²) in [6.07, 6.45) is 0. The van der Waals surface area contributed by atoms with Crippen molar-refractivity contribution in [2.75, 3.05) is 17.6 Å². The minimum atomic E-state index is -0.850. The standard InChI is InChI=1S/C10H13NO2S/c1-2-14-9-5-3-8(4-6-9)11-7-10(12)13/h3-6,11H,2,7H2,1H3,(H,12,13). The summed E-state index contributed by atoms with van der Waals surface area (Å²) in [7, 11) is 0. The number of thioether (sulfide) groups is 1. The molecule has 0 aliphatic heterocycles. The lowest BCUT2D eigenvalue weighted by molar-refractivity contribution is -0.134. The summed E-state index contributed by atoms with van der Waals surface area (Å²) in [5.74, 6) is 0.194. The van der Waals surface area contributed by atoms with Crippen LogP contribution in [0.4, 0.5) is 5.69 Å². The van der Waals surface area contributed by atoms with E-state index in [9.17, 15) is 4.79 Å². The van der Waals surface area contributed by atoms with Gasteiger partial charge in [-0.1, -0.05) is 6.92 Å². The maximum absolute atomic E-state index is 10.3. The predicted octanol–water partition coefficient (Wildman–Crippen LogP) is 2.30. The van der Waals surface area contributed by atoms with E-state index in [0.717, 1.165) is 11.4 Å². The highest BCUT2D eigenvalue weighted by molar-refractivity contribution is 7.99. The fourth-order valence-electron chi connectivity index (χ4n) is 1.01. The highest BCUT2D eigenvalue weighted by atomic mass is 32.2. The molecule has 0 aromatic heterocycles. The fourth-order valence-corrected chi connectivity index (χ4v) is 1.68. The molecule has 4 heteroatoms. The van der Waals surface area contributed by atoms with Gasteiger partial charge in [0.25, 0.3) is 0 Å². The Morgan fingerprint density at radius 1 is 1.43 bits per heavy atom. The van der Waals surface area contributed by atoms with E-state index in [1.165, 1.54) is 4.90 Å². The van der Waals surface area contributed by atoms with Crippen molar-refractivity contribution in [3.05, 3.63) is 24.3 Å². The molecule has 0 atom stereocenters. The van der Waals surface area contributed by atoms with Gasteiger partial charge in [-0.25, -0.2) is 0 Å². The average Bonchev–Trinajstić information content (AvgIpc) is 2.17. The molecule has 1 aromatic rings. The number of carbonyl (C=O) groups is 1. The predicted molar refractivity (Wildman–Crippen MR) is 59.0 cm³/mol. The van der Waals surface area contributed by atoms with Crippen LogP contribution in [-0.4, -0.2) is 23.4 Å². The van der Waals surface area contributed by atoms with E-state index in [2.05, 4.69) is 12.2 Å². The number of carboxylic acid groups (broad SMARTS) is 1. The van der Waals surface area contributed by atoms with Crippen LogP contribution in [0.25, 0.3) is 0 Å². The molecule has 0 aliphatic carbocycles. The molecule has 0 aliphatic rings. The number of anilines is 1. The Bertz CT molecular complexity index is 297. The highest BCUT2D eigenvalue weighted by Gasteiger charge is 1.97. The second kappa shape index (κ2) is 5.54. The first kappa shape index (κ1) is 10.9. The number of aliphatic carboxylic acids is 1. The molecule has 76 valence electrons. The zero-order chi connectivity index (χ0) is 10.4. The van der Waals surface area contributed by atoms with Gasteiger partial charge < -0.3 is 10.4 Å². The topological polar surface area (TPSA) is 49.3 Å². The molecular weight excluding hydrogens is 198 g/mol. The third-order valence-electron chi connectivity index (χ3n) is 1.61. The molecule has 14 heavy (non-hydrogen) atoms. The Kier molecular flexibility index (Phi) is 4.32. The Balaban J connectivity index is 2.50. The molecule has 2 N–H and O–H groups in total. The summed E-state index contributed by atoms with van der Waals surface area (Å²) >= 11 is 1.76. The summed E-state index contributed by atoms with van der Waals surface area (Å²) < 4.78 is 0. The van der Waals surface area contributed by atoms with Crippen molar-refractivity contribution >= 4 is 23.4 Å². The lowest BCUT2D eigenvalue weighted by Crippen LogP contribution is -2.11.